The molecular weight excluding hydrogens is 670 g/mol. The molecule has 0 unspecified atom stereocenters. The molecule has 12 rings (SSSR count). The van der Waals surface area contributed by atoms with E-state index in [0.717, 1.165) is 0 Å². The summed E-state index contributed by atoms with van der Waals surface area (Å²) in [6, 6.07) is 68.2. The molecule has 0 fully saturated rings. The van der Waals surface area contributed by atoms with Crippen LogP contribution < -0.4 is 10.9 Å². The smallest absolute Gasteiger partial charge is 0.0734 e. The Morgan fingerprint density at radius 1 is 0.232 bits per heavy atom. The Bertz CT molecular complexity index is 3510. The van der Waals surface area contributed by atoms with E-state index in [1.807, 2.05) is 0 Å². The van der Waals surface area contributed by atoms with E-state index in [1.165, 1.54) is 131 Å². The Hall–Kier alpha value is -6.89. The number of benzene rings is 12. The molecule has 12 aromatic rings. The number of hydrogen-bond acceptors (Lipinski definition) is 0. The summed E-state index contributed by atoms with van der Waals surface area (Å²) in [6.07, 6.45) is 0. The second kappa shape index (κ2) is 11.8. The average molecular weight is 704 g/mol. The van der Waals surface area contributed by atoms with Gasteiger partial charge in [0.1, 0.15) is 15.7 Å². The second-order valence-electron chi connectivity index (χ2n) is 15.6. The summed E-state index contributed by atoms with van der Waals surface area (Å²) < 4.78 is 0. The molecule has 0 aliphatic heterocycles. The van der Waals surface area contributed by atoms with Crippen LogP contribution in [0.15, 0.2) is 182 Å². The Morgan fingerprint density at radius 3 is 1.20 bits per heavy atom. The summed E-state index contributed by atoms with van der Waals surface area (Å²) >= 11 is 0. The molecule has 0 aliphatic carbocycles. The van der Waals surface area contributed by atoms with Gasteiger partial charge in [-0.25, -0.2) is 0 Å². The molecule has 2 heteroatoms. The minimum Gasteiger partial charge on any atom is -0.0734 e. The molecule has 12 aromatic carbocycles. The van der Waals surface area contributed by atoms with Crippen LogP contribution in [0.3, 0.4) is 0 Å². The molecule has 0 saturated heterocycles. The summed E-state index contributed by atoms with van der Waals surface area (Å²) in [5.74, 6) is 0. The Morgan fingerprint density at radius 2 is 0.625 bits per heavy atom. The lowest BCUT2D eigenvalue weighted by Crippen LogP contribution is -2.26. The number of hydrogen-bond donors (Lipinski definition) is 0. The van der Waals surface area contributed by atoms with E-state index < -0.39 is 0 Å². The first-order valence-corrected chi connectivity index (χ1v) is 19.7. The first-order valence-electron chi connectivity index (χ1n) is 19.7. The van der Waals surface area contributed by atoms with Crippen LogP contribution in [0.1, 0.15) is 0 Å². The van der Waals surface area contributed by atoms with Crippen LogP contribution in [0.25, 0.3) is 120 Å². The minimum absolute atomic E-state index is 1.23. The highest BCUT2D eigenvalue weighted by molar-refractivity contribution is 6.51. The third kappa shape index (κ3) is 4.33. The molecule has 0 N–H and O–H groups in total. The topological polar surface area (TPSA) is 0 Å². The van der Waals surface area contributed by atoms with Gasteiger partial charge >= 0.3 is 0 Å². The fourth-order valence-electron chi connectivity index (χ4n) is 10.4. The standard InChI is InChI=1S/C54H34B2/c55-53-50(40-18-8-12-31-9-4-5-17-39(31)40)49(32-10-2-1-3-11-32)51(43-29-25-37-21-19-33-13-6-15-35-23-27-41(43)47(37)45(33)35)54(56)52(53)44-30-26-38-22-20-34-14-7-16-36-24-28-42(44)48(38)46(34)36/h1-30H,55-56H2. The molecule has 0 amide bonds. The van der Waals surface area contributed by atoms with Crippen molar-refractivity contribution in [3.63, 3.8) is 0 Å². The van der Waals surface area contributed by atoms with Crippen LogP contribution in [-0.2, 0) is 0 Å². The van der Waals surface area contributed by atoms with Crippen molar-refractivity contribution >= 4 is 102 Å². The van der Waals surface area contributed by atoms with Crippen molar-refractivity contribution in [3.8, 4) is 44.5 Å². The monoisotopic (exact) mass is 704 g/mol. The minimum atomic E-state index is 1.23. The molecule has 56 heavy (non-hydrogen) atoms. The maximum atomic E-state index is 2.40. The Labute approximate surface area is 327 Å². The fraction of sp³-hybridized carbons (Fsp3) is 0. The van der Waals surface area contributed by atoms with Crippen molar-refractivity contribution in [2.75, 3.05) is 0 Å². The van der Waals surface area contributed by atoms with Crippen LogP contribution in [0.5, 0.6) is 0 Å². The van der Waals surface area contributed by atoms with Gasteiger partial charge in [0.2, 0.25) is 0 Å². The molecule has 0 aromatic heterocycles. The Kier molecular flexibility index (Phi) is 6.63. The lowest BCUT2D eigenvalue weighted by atomic mass is 9.66. The predicted molar refractivity (Wildman–Crippen MR) is 249 cm³/mol. The lowest BCUT2D eigenvalue weighted by Gasteiger charge is -2.28. The highest BCUT2D eigenvalue weighted by Crippen LogP contribution is 2.47. The molecular formula is C54H34B2. The van der Waals surface area contributed by atoms with Crippen LogP contribution in [0.2, 0.25) is 0 Å². The third-order valence-corrected chi connectivity index (χ3v) is 12.7. The van der Waals surface area contributed by atoms with E-state index in [9.17, 15) is 0 Å². The molecule has 0 heterocycles. The molecule has 0 saturated carbocycles. The quantitative estimate of drug-likeness (QED) is 0.126. The van der Waals surface area contributed by atoms with Gasteiger partial charge in [-0.1, -0.05) is 193 Å². The molecule has 0 spiro atoms. The van der Waals surface area contributed by atoms with Gasteiger partial charge in [0.15, 0.2) is 0 Å². The fourth-order valence-corrected chi connectivity index (χ4v) is 10.4. The van der Waals surface area contributed by atoms with E-state index in [4.69, 9.17) is 0 Å². The van der Waals surface area contributed by atoms with Crippen LogP contribution in [-0.4, -0.2) is 15.7 Å². The summed E-state index contributed by atoms with van der Waals surface area (Å²) in [5.41, 5.74) is 12.8. The summed E-state index contributed by atoms with van der Waals surface area (Å²) in [7, 11) is 4.75. The van der Waals surface area contributed by atoms with Crippen molar-refractivity contribution < 1.29 is 0 Å². The lowest BCUT2D eigenvalue weighted by molar-refractivity contribution is 1.61. The van der Waals surface area contributed by atoms with Gasteiger partial charge in [-0.15, -0.1) is 0 Å². The van der Waals surface area contributed by atoms with Gasteiger partial charge in [0, 0.05) is 0 Å². The summed E-state index contributed by atoms with van der Waals surface area (Å²) in [6.45, 7) is 0. The zero-order valence-corrected chi connectivity index (χ0v) is 31.3. The highest BCUT2D eigenvalue weighted by Gasteiger charge is 2.27. The van der Waals surface area contributed by atoms with Crippen molar-refractivity contribution in [3.05, 3.63) is 182 Å². The molecule has 0 aliphatic rings. The first-order chi connectivity index (χ1) is 27.6. The Balaban J connectivity index is 1.30. The van der Waals surface area contributed by atoms with Gasteiger partial charge in [-0.05, 0) is 120 Å². The van der Waals surface area contributed by atoms with E-state index in [1.54, 1.807) is 0 Å². The van der Waals surface area contributed by atoms with E-state index >= 15 is 0 Å². The molecule has 0 nitrogen and oxygen atoms in total. The predicted octanol–water partition coefficient (Wildman–Crippen LogP) is 11.8. The van der Waals surface area contributed by atoms with Crippen molar-refractivity contribution in [2.24, 2.45) is 0 Å². The molecule has 256 valence electrons. The van der Waals surface area contributed by atoms with E-state index in [-0.39, 0.29) is 0 Å². The van der Waals surface area contributed by atoms with Gasteiger partial charge < -0.3 is 0 Å². The van der Waals surface area contributed by atoms with Crippen molar-refractivity contribution in [1.82, 2.24) is 0 Å². The van der Waals surface area contributed by atoms with Gasteiger partial charge in [0.25, 0.3) is 0 Å². The zero-order valence-electron chi connectivity index (χ0n) is 31.3. The molecule has 0 bridgehead atoms. The van der Waals surface area contributed by atoms with Crippen LogP contribution in [0, 0.1) is 0 Å². The number of fused-ring (bicyclic) bond motifs is 1. The van der Waals surface area contributed by atoms with Gasteiger partial charge in [-0.2, -0.15) is 0 Å². The SMILES string of the molecule is Bc1c(-c2ccc3ccc4cccc5ccc2c3c45)c(B)c(-c2ccc3ccc4cccc5ccc2c3c45)c(-c2ccccc2)c1-c1cccc2ccccc12. The van der Waals surface area contributed by atoms with Crippen molar-refractivity contribution in [1.29, 1.82) is 0 Å². The van der Waals surface area contributed by atoms with Gasteiger partial charge in [0.05, 0.1) is 0 Å². The molecule has 0 radical (unpaired) electrons. The zero-order chi connectivity index (χ0) is 37.1. The van der Waals surface area contributed by atoms with Crippen LogP contribution in [0.4, 0.5) is 0 Å². The van der Waals surface area contributed by atoms with E-state index in [2.05, 4.69) is 198 Å². The van der Waals surface area contributed by atoms with Crippen molar-refractivity contribution in [2.45, 2.75) is 0 Å². The van der Waals surface area contributed by atoms with Gasteiger partial charge in [-0.3, -0.25) is 0 Å². The first kappa shape index (κ1) is 31.5. The summed E-state index contributed by atoms with van der Waals surface area (Å²) in [5, 5.41) is 18.2. The second-order valence-corrected chi connectivity index (χ2v) is 15.6. The maximum absolute atomic E-state index is 2.40. The molecule has 0 atom stereocenters. The highest BCUT2D eigenvalue weighted by atomic mass is 14.3. The maximum Gasteiger partial charge on any atom is 0.140 e. The van der Waals surface area contributed by atoms with Crippen LogP contribution >= 0.6 is 0 Å². The van der Waals surface area contributed by atoms with E-state index in [0.29, 0.717) is 0 Å². The number of rotatable bonds is 4. The average Bonchev–Trinajstić information content (AvgIpc) is 3.25. The largest absolute Gasteiger partial charge is 0.140 e. The normalized spacial score (nSPS) is 12.1. The third-order valence-electron chi connectivity index (χ3n) is 12.7. The summed E-state index contributed by atoms with van der Waals surface area (Å²) in [4.78, 5) is 0.